The first-order chi connectivity index (χ1) is 8.74. The molecule has 0 aliphatic carbocycles. The van der Waals surface area contributed by atoms with E-state index < -0.39 is 5.97 Å². The quantitative estimate of drug-likeness (QED) is 0.870. The van der Waals surface area contributed by atoms with Gasteiger partial charge in [0.25, 0.3) is 0 Å². The molecule has 0 fully saturated rings. The van der Waals surface area contributed by atoms with Crippen LogP contribution in [0.5, 0.6) is 0 Å². The van der Waals surface area contributed by atoms with E-state index in [0.717, 1.165) is 13.0 Å². The highest BCUT2D eigenvalue weighted by Crippen LogP contribution is 1.97. The lowest BCUT2D eigenvalue weighted by molar-refractivity contribution is 0.0697. The molecule has 0 amide bonds. The summed E-state index contributed by atoms with van der Waals surface area (Å²) in [6, 6.07) is 18.6. The molecule has 2 aromatic rings. The second-order valence-electron chi connectivity index (χ2n) is 3.70. The van der Waals surface area contributed by atoms with Gasteiger partial charge < -0.3 is 10.8 Å². The van der Waals surface area contributed by atoms with Crippen molar-refractivity contribution >= 4 is 5.97 Å². The highest BCUT2D eigenvalue weighted by Gasteiger charge is 1.96. The van der Waals surface area contributed by atoms with Gasteiger partial charge >= 0.3 is 5.97 Å². The summed E-state index contributed by atoms with van der Waals surface area (Å²) in [5, 5.41) is 8.38. The molecule has 0 spiro atoms. The van der Waals surface area contributed by atoms with Gasteiger partial charge in [0.15, 0.2) is 0 Å². The zero-order valence-electron chi connectivity index (χ0n) is 10.1. The Kier molecular flexibility index (Phi) is 6.22. The fourth-order valence-corrected chi connectivity index (χ4v) is 1.39. The Hall–Kier alpha value is -2.13. The van der Waals surface area contributed by atoms with Crippen LogP contribution < -0.4 is 5.73 Å². The summed E-state index contributed by atoms with van der Waals surface area (Å²) in [5.74, 6) is -0.879. The Balaban J connectivity index is 0.000000180. The molecule has 0 aliphatic heterocycles. The maximum Gasteiger partial charge on any atom is 0.335 e. The molecule has 2 rings (SSSR count). The van der Waals surface area contributed by atoms with Crippen LogP contribution in [0.4, 0.5) is 0 Å². The topological polar surface area (TPSA) is 63.3 Å². The Bertz CT molecular complexity index is 454. The first-order valence-electron chi connectivity index (χ1n) is 5.76. The third-order valence-electron chi connectivity index (χ3n) is 2.30. The van der Waals surface area contributed by atoms with Gasteiger partial charge in [0, 0.05) is 0 Å². The van der Waals surface area contributed by atoms with Gasteiger partial charge in [0.05, 0.1) is 5.56 Å². The predicted octanol–water partition coefficient (Wildman–Crippen LogP) is 2.57. The van der Waals surface area contributed by atoms with E-state index in [2.05, 4.69) is 12.1 Å². The summed E-state index contributed by atoms with van der Waals surface area (Å²) >= 11 is 0. The standard InChI is InChI=1S/C8H11N.C7H6O2/c9-7-6-8-4-2-1-3-5-8;8-7(9)6-4-2-1-3-5-6/h1-5H,6-7,9H2;1-5H,(H,8,9). The van der Waals surface area contributed by atoms with Gasteiger partial charge in [-0.15, -0.1) is 0 Å². The molecule has 3 nitrogen and oxygen atoms in total. The predicted molar refractivity (Wildman–Crippen MR) is 72.6 cm³/mol. The minimum Gasteiger partial charge on any atom is -0.478 e. The molecular formula is C15H17NO2. The number of carboxylic acid groups (broad SMARTS) is 1. The van der Waals surface area contributed by atoms with Crippen LogP contribution in [0.1, 0.15) is 15.9 Å². The van der Waals surface area contributed by atoms with Crippen molar-refractivity contribution in [3.05, 3.63) is 71.8 Å². The highest BCUT2D eigenvalue weighted by atomic mass is 16.4. The van der Waals surface area contributed by atoms with Crippen LogP contribution in [0.15, 0.2) is 60.7 Å². The van der Waals surface area contributed by atoms with Crippen molar-refractivity contribution in [1.82, 2.24) is 0 Å². The van der Waals surface area contributed by atoms with Crippen LogP contribution in [-0.4, -0.2) is 17.6 Å². The van der Waals surface area contributed by atoms with Crippen molar-refractivity contribution < 1.29 is 9.90 Å². The van der Waals surface area contributed by atoms with Gasteiger partial charge in [-0.05, 0) is 30.7 Å². The Morgan fingerprint density at radius 1 is 0.944 bits per heavy atom. The lowest BCUT2D eigenvalue weighted by Gasteiger charge is -1.93. The zero-order chi connectivity index (χ0) is 13.2. The van der Waals surface area contributed by atoms with Crippen LogP contribution >= 0.6 is 0 Å². The van der Waals surface area contributed by atoms with Crippen molar-refractivity contribution in [2.45, 2.75) is 6.42 Å². The molecule has 3 N–H and O–H groups in total. The third kappa shape index (κ3) is 5.27. The van der Waals surface area contributed by atoms with Gasteiger partial charge in [-0.2, -0.15) is 0 Å². The van der Waals surface area contributed by atoms with Gasteiger partial charge in [-0.25, -0.2) is 4.79 Å². The number of hydrogen-bond acceptors (Lipinski definition) is 2. The first-order valence-corrected chi connectivity index (χ1v) is 5.76. The van der Waals surface area contributed by atoms with Crippen LogP contribution in [0.25, 0.3) is 0 Å². The molecule has 0 saturated heterocycles. The number of hydrogen-bond donors (Lipinski definition) is 2. The van der Waals surface area contributed by atoms with Crippen molar-refractivity contribution in [1.29, 1.82) is 0 Å². The van der Waals surface area contributed by atoms with E-state index in [1.54, 1.807) is 30.3 Å². The summed E-state index contributed by atoms with van der Waals surface area (Å²) in [6.07, 6.45) is 0.987. The Morgan fingerprint density at radius 3 is 1.83 bits per heavy atom. The summed E-state index contributed by atoms with van der Waals surface area (Å²) in [5.41, 5.74) is 7.01. The zero-order valence-corrected chi connectivity index (χ0v) is 10.1. The van der Waals surface area contributed by atoms with Crippen molar-refractivity contribution in [3.8, 4) is 0 Å². The fraction of sp³-hybridized carbons (Fsp3) is 0.133. The molecule has 18 heavy (non-hydrogen) atoms. The van der Waals surface area contributed by atoms with E-state index in [4.69, 9.17) is 10.8 Å². The lowest BCUT2D eigenvalue weighted by atomic mass is 10.2. The maximum absolute atomic E-state index is 10.2. The molecule has 0 heterocycles. The molecule has 94 valence electrons. The molecule has 0 unspecified atom stereocenters. The van der Waals surface area contributed by atoms with E-state index in [0.29, 0.717) is 5.56 Å². The first kappa shape index (κ1) is 13.9. The smallest absolute Gasteiger partial charge is 0.335 e. The lowest BCUT2D eigenvalue weighted by Crippen LogP contribution is -2.01. The second kappa shape index (κ2) is 8.03. The van der Waals surface area contributed by atoms with Crippen LogP contribution in [0.3, 0.4) is 0 Å². The summed E-state index contributed by atoms with van der Waals surface area (Å²) in [7, 11) is 0. The van der Waals surface area contributed by atoms with E-state index >= 15 is 0 Å². The van der Waals surface area contributed by atoms with Gasteiger partial charge in [-0.1, -0.05) is 48.5 Å². The van der Waals surface area contributed by atoms with Crippen LogP contribution in [-0.2, 0) is 6.42 Å². The van der Waals surface area contributed by atoms with Gasteiger partial charge in [-0.3, -0.25) is 0 Å². The minimum absolute atomic E-state index is 0.331. The van der Waals surface area contributed by atoms with Gasteiger partial charge in [0.1, 0.15) is 0 Å². The highest BCUT2D eigenvalue weighted by molar-refractivity contribution is 5.87. The number of aromatic carboxylic acids is 1. The van der Waals surface area contributed by atoms with Gasteiger partial charge in [0.2, 0.25) is 0 Å². The second-order valence-corrected chi connectivity index (χ2v) is 3.70. The minimum atomic E-state index is -0.879. The van der Waals surface area contributed by atoms with Crippen molar-refractivity contribution in [2.24, 2.45) is 5.73 Å². The van der Waals surface area contributed by atoms with E-state index in [1.165, 1.54) is 5.56 Å². The number of carboxylic acids is 1. The number of nitrogens with two attached hydrogens (primary N) is 1. The van der Waals surface area contributed by atoms with Crippen LogP contribution in [0, 0.1) is 0 Å². The van der Waals surface area contributed by atoms with Crippen LogP contribution in [0.2, 0.25) is 0 Å². The van der Waals surface area contributed by atoms with Crippen molar-refractivity contribution in [3.63, 3.8) is 0 Å². The van der Waals surface area contributed by atoms with Crippen molar-refractivity contribution in [2.75, 3.05) is 6.54 Å². The summed E-state index contributed by atoms with van der Waals surface area (Å²) in [6.45, 7) is 0.740. The molecule has 3 heteroatoms. The maximum atomic E-state index is 10.2. The number of benzene rings is 2. The normalized spacial score (nSPS) is 9.17. The van der Waals surface area contributed by atoms with E-state index in [1.807, 2.05) is 18.2 Å². The third-order valence-corrected chi connectivity index (χ3v) is 2.30. The molecule has 0 saturated carbocycles. The number of carbonyl (C=O) groups is 1. The monoisotopic (exact) mass is 243 g/mol. The average molecular weight is 243 g/mol. The summed E-state index contributed by atoms with van der Waals surface area (Å²) in [4.78, 5) is 10.2. The largest absolute Gasteiger partial charge is 0.478 e. The summed E-state index contributed by atoms with van der Waals surface area (Å²) < 4.78 is 0. The SMILES string of the molecule is NCCc1ccccc1.O=C(O)c1ccccc1. The molecule has 0 bridgehead atoms. The molecule has 0 aliphatic rings. The molecule has 0 atom stereocenters. The molecular weight excluding hydrogens is 226 g/mol. The average Bonchev–Trinajstić information content (AvgIpc) is 2.42. The molecule has 0 radical (unpaired) electrons. The number of rotatable bonds is 3. The Morgan fingerprint density at radius 2 is 1.44 bits per heavy atom. The Labute approximate surface area is 107 Å². The fourth-order valence-electron chi connectivity index (χ4n) is 1.39. The molecule has 0 aromatic heterocycles. The molecule has 2 aromatic carbocycles. The van der Waals surface area contributed by atoms with E-state index in [9.17, 15) is 4.79 Å². The van der Waals surface area contributed by atoms with E-state index in [-0.39, 0.29) is 0 Å².